The molecule has 0 spiro atoms. The first-order chi connectivity index (χ1) is 21.0. The van der Waals surface area contributed by atoms with E-state index in [2.05, 4.69) is 54.2 Å². The highest BCUT2D eigenvalue weighted by atomic mass is 19.1. The Hall–Kier alpha value is -4.90. The van der Waals surface area contributed by atoms with Crippen molar-refractivity contribution in [3.63, 3.8) is 0 Å². The van der Waals surface area contributed by atoms with Crippen molar-refractivity contribution in [1.82, 2.24) is 40.0 Å². The summed E-state index contributed by atoms with van der Waals surface area (Å²) in [6.07, 6.45) is 9.49. The van der Waals surface area contributed by atoms with Gasteiger partial charge in [-0.2, -0.15) is 5.10 Å². The number of halogens is 1. The third-order valence-electron chi connectivity index (χ3n) is 7.58. The minimum atomic E-state index is -0.385. The summed E-state index contributed by atoms with van der Waals surface area (Å²) in [5.74, 6) is 0.660. The Morgan fingerprint density at radius 2 is 1.86 bits per heavy atom. The van der Waals surface area contributed by atoms with Gasteiger partial charge in [0.2, 0.25) is 0 Å². The number of ether oxygens (including phenoxy) is 1. The number of pyridine rings is 3. The van der Waals surface area contributed by atoms with Crippen molar-refractivity contribution in [2.24, 2.45) is 0 Å². The van der Waals surface area contributed by atoms with Crippen LogP contribution in [0.1, 0.15) is 26.7 Å². The number of aromatic nitrogens is 7. The molecule has 1 aromatic carbocycles. The summed E-state index contributed by atoms with van der Waals surface area (Å²) in [6, 6.07) is 10.8. The maximum Gasteiger partial charge on any atom is 0.159 e. The molecule has 0 saturated carbocycles. The Labute approximate surface area is 247 Å². The molecule has 0 unspecified atom stereocenters. The van der Waals surface area contributed by atoms with Gasteiger partial charge in [-0.05, 0) is 70.1 Å². The van der Waals surface area contributed by atoms with Crippen LogP contribution in [0.4, 0.5) is 10.1 Å². The molecule has 218 valence electrons. The number of benzene rings is 1. The summed E-state index contributed by atoms with van der Waals surface area (Å²) in [6.45, 7) is 7.68. The van der Waals surface area contributed by atoms with E-state index in [0.29, 0.717) is 40.6 Å². The van der Waals surface area contributed by atoms with Gasteiger partial charge in [-0.25, -0.2) is 9.37 Å². The monoisotopic (exact) mass is 577 g/mol. The summed E-state index contributed by atoms with van der Waals surface area (Å²) in [5.41, 5.74) is 6.56. The first-order valence-corrected chi connectivity index (χ1v) is 14.6. The average molecular weight is 578 g/mol. The number of nitrogens with one attached hydrogen (secondary N) is 3. The number of hydrogen-bond donors (Lipinski definition) is 3. The largest absolute Gasteiger partial charge is 0.492 e. The first kappa shape index (κ1) is 27.0. The summed E-state index contributed by atoms with van der Waals surface area (Å²) in [7, 11) is 0. The second kappa shape index (κ2) is 11.4. The van der Waals surface area contributed by atoms with E-state index in [1.807, 2.05) is 24.3 Å². The standard InChI is InChI=1S/C32H32FN9O/c1-19(2)37-23-12-21(16-34-17-23)27-15-25-28(18-36-27)40-41-30(25)32-38-26-5-6-35-29(31(26)39-32)20-11-22(33)14-24(13-20)43-10-9-42-7-3-4-8-42/h5-6,11-19,37H,3-4,7-10H2,1-2H3,(H,38,39)(H,40,41). The van der Waals surface area contributed by atoms with Gasteiger partial charge in [0.05, 0.1) is 34.3 Å². The van der Waals surface area contributed by atoms with E-state index in [1.165, 1.54) is 25.0 Å². The average Bonchev–Trinajstić information content (AvgIpc) is 3.76. The fourth-order valence-corrected chi connectivity index (χ4v) is 5.59. The fraction of sp³-hybridized carbons (Fsp3) is 0.281. The summed E-state index contributed by atoms with van der Waals surface area (Å²) >= 11 is 0. The number of likely N-dealkylation sites (tertiary alicyclic amines) is 1. The molecule has 6 heterocycles. The molecule has 11 heteroatoms. The molecule has 0 aliphatic carbocycles. The van der Waals surface area contributed by atoms with Crippen LogP contribution in [0.2, 0.25) is 0 Å². The summed E-state index contributed by atoms with van der Waals surface area (Å²) < 4.78 is 20.7. The van der Waals surface area contributed by atoms with E-state index in [-0.39, 0.29) is 11.9 Å². The van der Waals surface area contributed by atoms with Gasteiger partial charge in [0.25, 0.3) is 0 Å². The van der Waals surface area contributed by atoms with Crippen LogP contribution >= 0.6 is 0 Å². The van der Waals surface area contributed by atoms with Gasteiger partial charge in [-0.3, -0.25) is 25.0 Å². The van der Waals surface area contributed by atoms with Crippen LogP contribution in [0.3, 0.4) is 0 Å². The summed E-state index contributed by atoms with van der Waals surface area (Å²) in [5, 5.41) is 11.9. The minimum Gasteiger partial charge on any atom is -0.492 e. The van der Waals surface area contributed by atoms with Gasteiger partial charge >= 0.3 is 0 Å². The van der Waals surface area contributed by atoms with E-state index in [0.717, 1.165) is 53.0 Å². The minimum absolute atomic E-state index is 0.284. The number of rotatable bonds is 9. The zero-order valence-electron chi connectivity index (χ0n) is 24.1. The lowest BCUT2D eigenvalue weighted by Gasteiger charge is -2.15. The Bertz CT molecular complexity index is 1910. The molecule has 6 aromatic rings. The van der Waals surface area contributed by atoms with Gasteiger partial charge in [-0.15, -0.1) is 0 Å². The lowest BCUT2D eigenvalue weighted by Crippen LogP contribution is -2.25. The Kier molecular flexibility index (Phi) is 7.15. The van der Waals surface area contributed by atoms with Crippen LogP contribution < -0.4 is 10.1 Å². The maximum atomic E-state index is 14.7. The lowest BCUT2D eigenvalue weighted by atomic mass is 10.1. The molecule has 0 radical (unpaired) electrons. The number of anilines is 1. The van der Waals surface area contributed by atoms with E-state index in [9.17, 15) is 4.39 Å². The molecule has 10 nitrogen and oxygen atoms in total. The van der Waals surface area contributed by atoms with Crippen molar-refractivity contribution in [2.75, 3.05) is 31.6 Å². The quantitative estimate of drug-likeness (QED) is 0.190. The maximum absolute atomic E-state index is 14.7. The summed E-state index contributed by atoms with van der Waals surface area (Å²) in [4.78, 5) is 24.2. The zero-order chi connectivity index (χ0) is 29.3. The smallest absolute Gasteiger partial charge is 0.159 e. The highest BCUT2D eigenvalue weighted by molar-refractivity contribution is 5.97. The molecule has 1 saturated heterocycles. The number of aromatic amines is 2. The fourth-order valence-electron chi connectivity index (χ4n) is 5.59. The molecule has 5 aromatic heterocycles. The molecule has 0 bridgehead atoms. The Morgan fingerprint density at radius 3 is 2.72 bits per heavy atom. The molecule has 1 aliphatic heterocycles. The number of hydrogen-bond acceptors (Lipinski definition) is 8. The third-order valence-corrected chi connectivity index (χ3v) is 7.58. The molecule has 0 atom stereocenters. The first-order valence-electron chi connectivity index (χ1n) is 14.6. The molecule has 0 amide bonds. The highest BCUT2D eigenvalue weighted by Gasteiger charge is 2.18. The van der Waals surface area contributed by atoms with Crippen LogP contribution in [0.15, 0.2) is 61.2 Å². The molecule has 7 rings (SSSR count). The highest BCUT2D eigenvalue weighted by Crippen LogP contribution is 2.33. The molecule has 1 aliphatic rings. The third kappa shape index (κ3) is 5.63. The normalized spacial score (nSPS) is 13.9. The zero-order valence-corrected chi connectivity index (χ0v) is 24.1. The van der Waals surface area contributed by atoms with Gasteiger partial charge in [-0.1, -0.05) is 0 Å². The molecular weight excluding hydrogens is 545 g/mol. The number of imidazole rings is 1. The van der Waals surface area contributed by atoms with Crippen molar-refractivity contribution in [3.05, 3.63) is 67.0 Å². The second-order valence-electron chi connectivity index (χ2n) is 11.2. The van der Waals surface area contributed by atoms with E-state index in [4.69, 9.17) is 9.72 Å². The van der Waals surface area contributed by atoms with Crippen LogP contribution in [-0.4, -0.2) is 72.3 Å². The van der Waals surface area contributed by atoms with Gasteiger partial charge < -0.3 is 15.0 Å². The van der Waals surface area contributed by atoms with Crippen molar-refractivity contribution in [1.29, 1.82) is 0 Å². The number of H-pyrrole nitrogens is 2. The van der Waals surface area contributed by atoms with Gasteiger partial charge in [0.1, 0.15) is 29.4 Å². The number of fused-ring (bicyclic) bond motifs is 2. The van der Waals surface area contributed by atoms with E-state index < -0.39 is 0 Å². The Balaban J connectivity index is 1.21. The van der Waals surface area contributed by atoms with Crippen LogP contribution in [0.5, 0.6) is 5.75 Å². The van der Waals surface area contributed by atoms with Crippen molar-refractivity contribution in [2.45, 2.75) is 32.7 Å². The predicted molar refractivity (Wildman–Crippen MR) is 165 cm³/mol. The van der Waals surface area contributed by atoms with E-state index >= 15 is 0 Å². The van der Waals surface area contributed by atoms with Gasteiger partial charge in [0, 0.05) is 53.8 Å². The van der Waals surface area contributed by atoms with Crippen LogP contribution in [0, 0.1) is 5.82 Å². The molecule has 43 heavy (non-hydrogen) atoms. The molecule has 3 N–H and O–H groups in total. The van der Waals surface area contributed by atoms with Crippen molar-refractivity contribution < 1.29 is 9.13 Å². The topological polar surface area (TPSA) is 121 Å². The molecule has 1 fully saturated rings. The Morgan fingerprint density at radius 1 is 0.977 bits per heavy atom. The van der Waals surface area contributed by atoms with Gasteiger partial charge in [0.15, 0.2) is 5.82 Å². The molecular formula is C32H32FN9O. The number of nitrogens with zero attached hydrogens (tertiary/aromatic N) is 6. The lowest BCUT2D eigenvalue weighted by molar-refractivity contribution is 0.237. The second-order valence-corrected chi connectivity index (χ2v) is 11.2. The van der Waals surface area contributed by atoms with Crippen LogP contribution in [0.25, 0.3) is 56.0 Å². The van der Waals surface area contributed by atoms with Crippen LogP contribution in [-0.2, 0) is 0 Å². The SMILES string of the molecule is CC(C)Nc1cncc(-c2cc3c(-c4nc5c(-c6cc(F)cc(OCCN7CCCC7)c6)nccc5[nH]4)n[nH]c3cn2)c1. The predicted octanol–water partition coefficient (Wildman–Crippen LogP) is 6.06. The van der Waals surface area contributed by atoms with E-state index in [1.54, 1.807) is 24.8 Å². The van der Waals surface area contributed by atoms with Crippen molar-refractivity contribution >= 4 is 27.6 Å². The van der Waals surface area contributed by atoms with Crippen molar-refractivity contribution in [3.8, 4) is 39.8 Å².